The fourth-order valence-electron chi connectivity index (χ4n) is 2.88. The Morgan fingerprint density at radius 2 is 2.24 bits per heavy atom. The van der Waals surface area contributed by atoms with Gasteiger partial charge in [0.05, 0.1) is 7.11 Å². The highest BCUT2D eigenvalue weighted by Crippen LogP contribution is 2.29. The lowest BCUT2D eigenvalue weighted by molar-refractivity contribution is 0.0928. The van der Waals surface area contributed by atoms with Crippen LogP contribution in [-0.2, 0) is 0 Å². The van der Waals surface area contributed by atoms with Gasteiger partial charge in [0.1, 0.15) is 5.75 Å². The first-order valence-electron chi connectivity index (χ1n) is 7.60. The molecule has 0 bridgehead atoms. The van der Waals surface area contributed by atoms with Crippen molar-refractivity contribution < 1.29 is 9.53 Å². The van der Waals surface area contributed by atoms with Crippen molar-refractivity contribution in [3.8, 4) is 5.75 Å². The molecule has 1 aliphatic rings. The predicted octanol–water partition coefficient (Wildman–Crippen LogP) is 2.51. The molecule has 116 valence electrons. The zero-order chi connectivity index (χ0) is 15.5. The van der Waals surface area contributed by atoms with E-state index >= 15 is 0 Å². The molecular weight excluding hydrogens is 264 g/mol. The number of piperidine rings is 1. The zero-order valence-electron chi connectivity index (χ0n) is 13.5. The summed E-state index contributed by atoms with van der Waals surface area (Å²) in [5.74, 6) is 0.704. The molecule has 4 heteroatoms. The SMILES string of the molecule is COc1cc(C(=O)NCC2NCCCC2(C)C)ccc1C. The van der Waals surface area contributed by atoms with Gasteiger partial charge in [0.2, 0.25) is 0 Å². The first kappa shape index (κ1) is 15.8. The van der Waals surface area contributed by atoms with Gasteiger partial charge in [0.25, 0.3) is 5.91 Å². The van der Waals surface area contributed by atoms with Crippen LogP contribution in [-0.4, -0.2) is 32.1 Å². The number of aryl methyl sites for hydroxylation is 1. The van der Waals surface area contributed by atoms with Crippen molar-refractivity contribution in [1.29, 1.82) is 0 Å². The third-order valence-corrected chi connectivity index (χ3v) is 4.47. The van der Waals surface area contributed by atoms with E-state index in [-0.39, 0.29) is 11.3 Å². The lowest BCUT2D eigenvalue weighted by Gasteiger charge is -2.39. The Balaban J connectivity index is 1.98. The topological polar surface area (TPSA) is 50.4 Å². The number of rotatable bonds is 4. The van der Waals surface area contributed by atoms with Crippen LogP contribution in [0.3, 0.4) is 0 Å². The van der Waals surface area contributed by atoms with Crippen molar-refractivity contribution in [3.63, 3.8) is 0 Å². The van der Waals surface area contributed by atoms with Crippen molar-refractivity contribution in [2.45, 2.75) is 39.7 Å². The van der Waals surface area contributed by atoms with E-state index in [1.165, 1.54) is 12.8 Å². The zero-order valence-corrected chi connectivity index (χ0v) is 13.5. The highest BCUT2D eigenvalue weighted by atomic mass is 16.5. The predicted molar refractivity (Wildman–Crippen MR) is 84.9 cm³/mol. The van der Waals surface area contributed by atoms with Crippen LogP contribution in [0.1, 0.15) is 42.6 Å². The van der Waals surface area contributed by atoms with E-state index in [1.54, 1.807) is 13.2 Å². The molecule has 1 atom stereocenters. The Hall–Kier alpha value is -1.55. The molecular formula is C17H26N2O2. The molecule has 0 saturated carbocycles. The van der Waals surface area contributed by atoms with Crippen LogP contribution in [0, 0.1) is 12.3 Å². The van der Waals surface area contributed by atoms with E-state index in [0.29, 0.717) is 18.2 Å². The quantitative estimate of drug-likeness (QED) is 0.896. The molecule has 2 rings (SSSR count). The van der Waals surface area contributed by atoms with Gasteiger partial charge in [-0.15, -0.1) is 0 Å². The van der Waals surface area contributed by atoms with Crippen LogP contribution in [0.4, 0.5) is 0 Å². The average Bonchev–Trinajstić information content (AvgIpc) is 2.46. The maximum Gasteiger partial charge on any atom is 0.251 e. The summed E-state index contributed by atoms with van der Waals surface area (Å²) in [5.41, 5.74) is 1.89. The minimum absolute atomic E-state index is 0.0449. The number of amides is 1. The van der Waals surface area contributed by atoms with Gasteiger partial charge in [-0.3, -0.25) is 4.79 Å². The molecule has 2 N–H and O–H groups in total. The monoisotopic (exact) mass is 290 g/mol. The van der Waals surface area contributed by atoms with Gasteiger partial charge >= 0.3 is 0 Å². The van der Waals surface area contributed by atoms with Crippen LogP contribution >= 0.6 is 0 Å². The maximum atomic E-state index is 12.3. The number of carbonyl (C=O) groups excluding carboxylic acids is 1. The Kier molecular flexibility index (Phi) is 4.88. The van der Waals surface area contributed by atoms with Crippen LogP contribution in [0.2, 0.25) is 0 Å². The number of hydrogen-bond donors (Lipinski definition) is 2. The van der Waals surface area contributed by atoms with Crippen LogP contribution in [0.5, 0.6) is 5.75 Å². The smallest absolute Gasteiger partial charge is 0.251 e. The van der Waals surface area contributed by atoms with Gasteiger partial charge < -0.3 is 15.4 Å². The summed E-state index contributed by atoms with van der Waals surface area (Å²) in [4.78, 5) is 12.3. The molecule has 0 radical (unpaired) electrons. The third kappa shape index (κ3) is 3.76. The minimum atomic E-state index is -0.0449. The van der Waals surface area contributed by atoms with Crippen molar-refractivity contribution in [1.82, 2.24) is 10.6 Å². The van der Waals surface area contributed by atoms with E-state index in [2.05, 4.69) is 24.5 Å². The molecule has 1 unspecified atom stereocenters. The summed E-state index contributed by atoms with van der Waals surface area (Å²) < 4.78 is 5.27. The second kappa shape index (κ2) is 6.48. The van der Waals surface area contributed by atoms with Gasteiger partial charge in [-0.1, -0.05) is 19.9 Å². The summed E-state index contributed by atoms with van der Waals surface area (Å²) in [6, 6.07) is 5.87. The lowest BCUT2D eigenvalue weighted by Crippen LogP contribution is -2.52. The standard InChI is InChI=1S/C17H26N2O2/c1-12-6-7-13(10-14(12)21-4)16(20)19-11-15-17(2,3)8-5-9-18-15/h6-7,10,15,18H,5,8-9,11H2,1-4H3,(H,19,20). The van der Waals surface area contributed by atoms with Crippen molar-refractivity contribution in [2.24, 2.45) is 5.41 Å². The van der Waals surface area contributed by atoms with Gasteiger partial charge in [-0.2, -0.15) is 0 Å². The number of ether oxygens (including phenoxy) is 1. The van der Waals surface area contributed by atoms with Crippen LogP contribution < -0.4 is 15.4 Å². The Morgan fingerprint density at radius 1 is 1.48 bits per heavy atom. The third-order valence-electron chi connectivity index (χ3n) is 4.47. The number of hydrogen-bond acceptors (Lipinski definition) is 3. The molecule has 0 spiro atoms. The van der Waals surface area contributed by atoms with E-state index in [9.17, 15) is 4.79 Å². The van der Waals surface area contributed by atoms with Gasteiger partial charge in [-0.25, -0.2) is 0 Å². The van der Waals surface area contributed by atoms with Crippen molar-refractivity contribution in [2.75, 3.05) is 20.2 Å². The number of methoxy groups -OCH3 is 1. The average molecular weight is 290 g/mol. The summed E-state index contributed by atoms with van der Waals surface area (Å²) in [6.07, 6.45) is 2.39. The maximum absolute atomic E-state index is 12.3. The van der Waals surface area contributed by atoms with Crippen LogP contribution in [0.25, 0.3) is 0 Å². The Labute approximate surface area is 127 Å². The molecule has 1 heterocycles. The van der Waals surface area contributed by atoms with Gasteiger partial charge in [-0.05, 0) is 49.4 Å². The second-order valence-corrected chi connectivity index (χ2v) is 6.49. The molecule has 4 nitrogen and oxygen atoms in total. The molecule has 21 heavy (non-hydrogen) atoms. The molecule has 1 fully saturated rings. The number of nitrogens with one attached hydrogen (secondary N) is 2. The Bertz CT molecular complexity index is 512. The van der Waals surface area contributed by atoms with Gasteiger partial charge in [0, 0.05) is 18.2 Å². The fourth-order valence-corrected chi connectivity index (χ4v) is 2.88. The van der Waals surface area contributed by atoms with Crippen molar-refractivity contribution >= 4 is 5.91 Å². The van der Waals surface area contributed by atoms with E-state index in [1.807, 2.05) is 19.1 Å². The van der Waals surface area contributed by atoms with Crippen LogP contribution in [0.15, 0.2) is 18.2 Å². The highest BCUT2D eigenvalue weighted by molar-refractivity contribution is 5.94. The number of carbonyl (C=O) groups is 1. The molecule has 1 saturated heterocycles. The summed E-state index contributed by atoms with van der Waals surface area (Å²) in [6.45, 7) is 8.16. The summed E-state index contributed by atoms with van der Waals surface area (Å²) in [5, 5.41) is 6.55. The molecule has 1 aliphatic heterocycles. The number of benzene rings is 1. The van der Waals surface area contributed by atoms with Crippen molar-refractivity contribution in [3.05, 3.63) is 29.3 Å². The lowest BCUT2D eigenvalue weighted by atomic mass is 9.77. The first-order chi connectivity index (χ1) is 9.94. The normalized spacial score (nSPS) is 20.9. The Morgan fingerprint density at radius 3 is 2.90 bits per heavy atom. The first-order valence-corrected chi connectivity index (χ1v) is 7.60. The fraction of sp³-hybridized carbons (Fsp3) is 0.588. The molecule has 1 amide bonds. The summed E-state index contributed by atoms with van der Waals surface area (Å²) in [7, 11) is 1.62. The highest BCUT2D eigenvalue weighted by Gasteiger charge is 2.31. The minimum Gasteiger partial charge on any atom is -0.496 e. The van der Waals surface area contributed by atoms with E-state index in [0.717, 1.165) is 17.9 Å². The summed E-state index contributed by atoms with van der Waals surface area (Å²) >= 11 is 0. The molecule has 0 aliphatic carbocycles. The molecule has 1 aromatic carbocycles. The molecule has 0 aromatic heterocycles. The largest absolute Gasteiger partial charge is 0.496 e. The second-order valence-electron chi connectivity index (χ2n) is 6.49. The van der Waals surface area contributed by atoms with Gasteiger partial charge in [0.15, 0.2) is 0 Å². The molecule has 1 aromatic rings. The van der Waals surface area contributed by atoms with E-state index < -0.39 is 0 Å². The van der Waals surface area contributed by atoms with E-state index in [4.69, 9.17) is 4.74 Å².